The van der Waals surface area contributed by atoms with Gasteiger partial charge in [-0.15, -0.1) is 0 Å². The molecule has 1 fully saturated rings. The Balaban J connectivity index is 1.24. The fraction of sp³-hybridized carbons (Fsp3) is 0.375. The number of hydrogen-bond acceptors (Lipinski definition) is 6. The molecule has 0 aliphatic carbocycles. The maximum atomic E-state index is 12.2. The molecule has 1 atom stereocenters. The monoisotopic (exact) mass is 438 g/mol. The molecule has 168 valence electrons. The summed E-state index contributed by atoms with van der Waals surface area (Å²) in [5.74, 6) is -0.377. The molecule has 2 aliphatic rings. The maximum absolute atomic E-state index is 12.2. The van der Waals surface area contributed by atoms with Crippen molar-refractivity contribution in [3.05, 3.63) is 53.6 Å². The first kappa shape index (κ1) is 21.8. The van der Waals surface area contributed by atoms with E-state index in [0.29, 0.717) is 30.2 Å². The lowest BCUT2D eigenvalue weighted by molar-refractivity contribution is -0.119. The highest BCUT2D eigenvalue weighted by Gasteiger charge is 2.22. The Morgan fingerprint density at radius 2 is 1.97 bits per heavy atom. The van der Waals surface area contributed by atoms with Gasteiger partial charge in [-0.2, -0.15) is 0 Å². The molecule has 0 saturated carbocycles. The summed E-state index contributed by atoms with van der Waals surface area (Å²) in [6, 6.07) is 12.0. The highest BCUT2D eigenvalue weighted by Crippen LogP contribution is 2.30. The van der Waals surface area contributed by atoms with Crippen molar-refractivity contribution in [1.82, 2.24) is 0 Å². The van der Waals surface area contributed by atoms with Crippen molar-refractivity contribution in [1.29, 1.82) is 0 Å². The van der Waals surface area contributed by atoms with Gasteiger partial charge in [0.1, 0.15) is 12.4 Å². The van der Waals surface area contributed by atoms with E-state index in [9.17, 15) is 14.4 Å². The molecule has 2 aliphatic heterocycles. The molecule has 2 aromatic carbocycles. The minimum absolute atomic E-state index is 0.00475. The molecule has 2 aromatic rings. The summed E-state index contributed by atoms with van der Waals surface area (Å²) in [5, 5.41) is 2.72. The van der Waals surface area contributed by atoms with Crippen LogP contribution in [0, 0.1) is 0 Å². The molecule has 0 spiro atoms. The van der Waals surface area contributed by atoms with Gasteiger partial charge in [-0.25, -0.2) is 4.79 Å². The Bertz CT molecular complexity index is 998. The lowest BCUT2D eigenvalue weighted by Gasteiger charge is -2.15. The molecular weight excluding hydrogens is 412 g/mol. The fourth-order valence-corrected chi connectivity index (χ4v) is 3.87. The Morgan fingerprint density at radius 3 is 2.69 bits per heavy atom. The van der Waals surface area contributed by atoms with Crippen LogP contribution in [0.1, 0.15) is 35.7 Å². The quantitative estimate of drug-likeness (QED) is 0.668. The van der Waals surface area contributed by atoms with Crippen molar-refractivity contribution in [3.63, 3.8) is 0 Å². The third-order valence-electron chi connectivity index (χ3n) is 5.52. The van der Waals surface area contributed by atoms with Crippen molar-refractivity contribution < 1.29 is 28.6 Å². The van der Waals surface area contributed by atoms with Crippen LogP contribution in [-0.4, -0.2) is 50.3 Å². The van der Waals surface area contributed by atoms with Gasteiger partial charge in [-0.05, 0) is 67.3 Å². The second-order valence-corrected chi connectivity index (χ2v) is 7.86. The molecule has 2 amide bonds. The van der Waals surface area contributed by atoms with Crippen LogP contribution in [0.25, 0.3) is 0 Å². The van der Waals surface area contributed by atoms with Crippen molar-refractivity contribution >= 4 is 29.2 Å². The maximum Gasteiger partial charge on any atom is 0.338 e. The normalized spacial score (nSPS) is 17.0. The van der Waals surface area contributed by atoms with Gasteiger partial charge in [0, 0.05) is 31.5 Å². The predicted molar refractivity (Wildman–Crippen MR) is 118 cm³/mol. The highest BCUT2D eigenvalue weighted by molar-refractivity contribution is 5.97. The summed E-state index contributed by atoms with van der Waals surface area (Å²) in [5.41, 5.74) is 2.80. The van der Waals surface area contributed by atoms with Gasteiger partial charge in [0.25, 0.3) is 5.91 Å². The van der Waals surface area contributed by atoms with E-state index in [1.807, 2.05) is 12.1 Å². The van der Waals surface area contributed by atoms with Crippen LogP contribution in [0.2, 0.25) is 0 Å². The molecule has 8 heteroatoms. The van der Waals surface area contributed by atoms with E-state index in [1.54, 1.807) is 35.2 Å². The van der Waals surface area contributed by atoms with Gasteiger partial charge in [0.05, 0.1) is 11.7 Å². The number of anilines is 2. The van der Waals surface area contributed by atoms with Gasteiger partial charge < -0.3 is 24.4 Å². The SMILES string of the molecule is CC(=O)N1CCc2cc(NC(=O)COC(=O)c3ccc(OCC4CCCO4)cc3)ccc21. The third-order valence-corrected chi connectivity index (χ3v) is 5.52. The minimum Gasteiger partial charge on any atom is -0.491 e. The van der Waals surface area contributed by atoms with E-state index in [1.165, 1.54) is 6.92 Å². The number of esters is 1. The summed E-state index contributed by atoms with van der Waals surface area (Å²) in [4.78, 5) is 37.8. The van der Waals surface area contributed by atoms with E-state index < -0.39 is 18.5 Å². The third kappa shape index (κ3) is 5.26. The Hall–Kier alpha value is -3.39. The van der Waals surface area contributed by atoms with E-state index in [2.05, 4.69) is 5.32 Å². The van der Waals surface area contributed by atoms with E-state index >= 15 is 0 Å². The van der Waals surface area contributed by atoms with E-state index in [-0.39, 0.29) is 12.0 Å². The largest absolute Gasteiger partial charge is 0.491 e. The van der Waals surface area contributed by atoms with Crippen LogP contribution in [-0.2, 0) is 25.5 Å². The van der Waals surface area contributed by atoms with Crippen molar-refractivity contribution in [3.8, 4) is 5.75 Å². The summed E-state index contributed by atoms with van der Waals surface area (Å²) in [6.45, 7) is 3.03. The standard InChI is InChI=1S/C24H26N2O6/c1-16(27)26-11-10-18-13-19(6-9-22(18)26)25-23(28)15-32-24(29)17-4-7-20(8-5-17)31-14-21-3-2-12-30-21/h4-9,13,21H,2-3,10-12,14-15H2,1H3,(H,25,28). The number of carbonyl (C=O) groups is 3. The topological polar surface area (TPSA) is 94.2 Å². The average Bonchev–Trinajstić information content (AvgIpc) is 3.46. The molecule has 0 bridgehead atoms. The van der Waals surface area contributed by atoms with Crippen molar-refractivity contribution in [2.24, 2.45) is 0 Å². The first-order valence-electron chi connectivity index (χ1n) is 10.7. The lowest BCUT2D eigenvalue weighted by Crippen LogP contribution is -2.25. The minimum atomic E-state index is -0.586. The smallest absolute Gasteiger partial charge is 0.338 e. The molecule has 1 saturated heterocycles. The number of carbonyl (C=O) groups excluding carboxylic acids is 3. The van der Waals surface area contributed by atoms with Gasteiger partial charge in [0.15, 0.2) is 6.61 Å². The summed E-state index contributed by atoms with van der Waals surface area (Å²) < 4.78 is 16.3. The average molecular weight is 438 g/mol. The zero-order chi connectivity index (χ0) is 22.5. The molecular formula is C24H26N2O6. The van der Waals surface area contributed by atoms with Gasteiger partial charge >= 0.3 is 5.97 Å². The lowest BCUT2D eigenvalue weighted by atomic mass is 10.1. The zero-order valence-corrected chi connectivity index (χ0v) is 18.0. The summed E-state index contributed by atoms with van der Waals surface area (Å²) in [6.07, 6.45) is 2.91. The van der Waals surface area contributed by atoms with Gasteiger partial charge in [-0.1, -0.05) is 0 Å². The second kappa shape index (κ2) is 9.82. The Labute approximate surface area is 186 Å². The second-order valence-electron chi connectivity index (χ2n) is 7.86. The zero-order valence-electron chi connectivity index (χ0n) is 18.0. The van der Waals surface area contributed by atoms with Crippen LogP contribution in [0.5, 0.6) is 5.75 Å². The number of amides is 2. The molecule has 32 heavy (non-hydrogen) atoms. The van der Waals surface area contributed by atoms with Crippen LogP contribution in [0.4, 0.5) is 11.4 Å². The van der Waals surface area contributed by atoms with Crippen LogP contribution < -0.4 is 15.0 Å². The molecule has 4 rings (SSSR count). The number of hydrogen-bond donors (Lipinski definition) is 1. The van der Waals surface area contributed by atoms with Crippen LogP contribution in [0.3, 0.4) is 0 Å². The van der Waals surface area contributed by atoms with Crippen LogP contribution >= 0.6 is 0 Å². The highest BCUT2D eigenvalue weighted by atomic mass is 16.5. The number of fused-ring (bicyclic) bond motifs is 1. The number of ether oxygens (including phenoxy) is 3. The molecule has 1 N–H and O–H groups in total. The van der Waals surface area contributed by atoms with Crippen molar-refractivity contribution in [2.45, 2.75) is 32.3 Å². The molecule has 2 heterocycles. The predicted octanol–water partition coefficient (Wildman–Crippen LogP) is 2.95. The number of nitrogens with zero attached hydrogens (tertiary/aromatic N) is 1. The van der Waals surface area contributed by atoms with Crippen LogP contribution in [0.15, 0.2) is 42.5 Å². The van der Waals surface area contributed by atoms with E-state index in [0.717, 1.165) is 37.1 Å². The Kier molecular flexibility index (Phi) is 6.70. The van der Waals surface area contributed by atoms with E-state index in [4.69, 9.17) is 14.2 Å². The summed E-state index contributed by atoms with van der Waals surface area (Å²) >= 11 is 0. The molecule has 0 radical (unpaired) electrons. The van der Waals surface area contributed by atoms with Gasteiger partial charge in [-0.3, -0.25) is 9.59 Å². The van der Waals surface area contributed by atoms with Gasteiger partial charge in [0.2, 0.25) is 5.91 Å². The first-order valence-corrected chi connectivity index (χ1v) is 10.7. The number of benzene rings is 2. The fourth-order valence-electron chi connectivity index (χ4n) is 3.87. The summed E-state index contributed by atoms with van der Waals surface area (Å²) in [7, 11) is 0. The van der Waals surface area contributed by atoms with Crippen molar-refractivity contribution in [2.75, 3.05) is 36.6 Å². The molecule has 8 nitrogen and oxygen atoms in total. The first-order chi connectivity index (χ1) is 15.5. The number of nitrogens with one attached hydrogen (secondary N) is 1. The number of rotatable bonds is 7. The molecule has 0 aromatic heterocycles. The Morgan fingerprint density at radius 1 is 1.16 bits per heavy atom. The molecule has 1 unspecified atom stereocenters.